The van der Waals surface area contributed by atoms with Crippen LogP contribution in [0.4, 0.5) is 0 Å². The zero-order valence-corrected chi connectivity index (χ0v) is 16.0. The fourth-order valence-electron chi connectivity index (χ4n) is 4.71. The molecule has 4 heterocycles. The highest BCUT2D eigenvalue weighted by Crippen LogP contribution is 2.40. The number of ether oxygens (including phenoxy) is 1. The maximum Gasteiger partial charge on any atom is 0.255 e. The normalized spacial score (nSPS) is 18.2. The Kier molecular flexibility index (Phi) is 4.09. The minimum Gasteiger partial charge on any atom is -0.481 e. The Labute approximate surface area is 163 Å². The highest BCUT2D eigenvalue weighted by Gasteiger charge is 2.42. The lowest BCUT2D eigenvalue weighted by Crippen LogP contribution is -2.55. The lowest BCUT2D eigenvalue weighted by Gasteiger charge is -2.44. The average molecular weight is 376 g/mol. The fourth-order valence-corrected chi connectivity index (χ4v) is 4.71. The predicted molar refractivity (Wildman–Crippen MR) is 108 cm³/mol. The van der Waals surface area contributed by atoms with Crippen LogP contribution in [0.15, 0.2) is 42.6 Å². The number of benzene rings is 1. The molecule has 0 bridgehead atoms. The van der Waals surface area contributed by atoms with Crippen molar-refractivity contribution in [3.63, 3.8) is 0 Å². The number of fused-ring (bicyclic) bond motifs is 4. The molecule has 1 spiro atoms. The topological polar surface area (TPSA) is 70.2 Å². The number of carbonyl (C=O) groups excluding carboxylic acids is 1. The van der Waals surface area contributed by atoms with E-state index in [0.29, 0.717) is 11.4 Å². The minimum atomic E-state index is -0.0679. The van der Waals surface area contributed by atoms with E-state index in [4.69, 9.17) is 4.74 Å². The van der Waals surface area contributed by atoms with E-state index >= 15 is 0 Å². The Morgan fingerprint density at radius 1 is 1.18 bits per heavy atom. The molecule has 6 nitrogen and oxygen atoms in total. The molecule has 0 atom stereocenters. The number of likely N-dealkylation sites (tertiary alicyclic amines) is 1. The van der Waals surface area contributed by atoms with Gasteiger partial charge in [0.15, 0.2) is 0 Å². The summed E-state index contributed by atoms with van der Waals surface area (Å²) < 4.78 is 5.08. The molecule has 0 radical (unpaired) electrons. The van der Waals surface area contributed by atoms with Gasteiger partial charge in [0.25, 0.3) is 5.91 Å². The van der Waals surface area contributed by atoms with Crippen LogP contribution >= 0.6 is 0 Å². The van der Waals surface area contributed by atoms with Gasteiger partial charge in [0.1, 0.15) is 0 Å². The first kappa shape index (κ1) is 17.3. The number of nitrogens with one attached hydrogen (secondary N) is 2. The van der Waals surface area contributed by atoms with Crippen LogP contribution in [-0.4, -0.2) is 47.5 Å². The molecule has 2 aliphatic heterocycles. The third kappa shape index (κ3) is 2.67. The summed E-state index contributed by atoms with van der Waals surface area (Å²) >= 11 is 0. The Bertz CT molecular complexity index is 1020. The Balaban J connectivity index is 1.38. The molecule has 1 aromatic carbocycles. The maximum absolute atomic E-state index is 12.9. The summed E-state index contributed by atoms with van der Waals surface area (Å²) in [6, 6.07) is 12.1. The molecule has 3 aromatic rings. The van der Waals surface area contributed by atoms with E-state index < -0.39 is 0 Å². The molecule has 2 N–H and O–H groups in total. The maximum atomic E-state index is 12.9. The Morgan fingerprint density at radius 2 is 2.00 bits per heavy atom. The number of methoxy groups -OCH3 is 1. The summed E-state index contributed by atoms with van der Waals surface area (Å²) in [5.74, 6) is 0.560. The van der Waals surface area contributed by atoms with Gasteiger partial charge in [-0.2, -0.15) is 0 Å². The molecule has 0 unspecified atom stereocenters. The molecule has 28 heavy (non-hydrogen) atoms. The quantitative estimate of drug-likeness (QED) is 0.722. The van der Waals surface area contributed by atoms with Gasteiger partial charge in [-0.25, -0.2) is 4.98 Å². The van der Waals surface area contributed by atoms with Gasteiger partial charge < -0.3 is 19.9 Å². The average Bonchev–Trinajstić information content (AvgIpc) is 3.14. The van der Waals surface area contributed by atoms with E-state index in [1.54, 1.807) is 25.4 Å². The summed E-state index contributed by atoms with van der Waals surface area (Å²) in [4.78, 5) is 22.7. The van der Waals surface area contributed by atoms with Gasteiger partial charge in [0.2, 0.25) is 5.88 Å². The second kappa shape index (κ2) is 6.63. The van der Waals surface area contributed by atoms with Crippen LogP contribution in [0.25, 0.3) is 10.9 Å². The number of hydrogen-bond acceptors (Lipinski definition) is 4. The smallest absolute Gasteiger partial charge is 0.255 e. The van der Waals surface area contributed by atoms with Gasteiger partial charge in [-0.3, -0.25) is 4.79 Å². The summed E-state index contributed by atoms with van der Waals surface area (Å²) in [5.41, 5.74) is 4.51. The zero-order chi connectivity index (χ0) is 19.1. The predicted octanol–water partition coefficient (Wildman–Crippen LogP) is 2.85. The van der Waals surface area contributed by atoms with Crippen molar-refractivity contribution in [3.8, 4) is 5.88 Å². The van der Waals surface area contributed by atoms with Crippen molar-refractivity contribution in [3.05, 3.63) is 59.4 Å². The van der Waals surface area contributed by atoms with Crippen LogP contribution in [0.2, 0.25) is 0 Å². The number of aromatic nitrogens is 2. The molecular weight excluding hydrogens is 352 g/mol. The van der Waals surface area contributed by atoms with E-state index in [1.807, 2.05) is 4.90 Å². The van der Waals surface area contributed by atoms with E-state index in [1.165, 1.54) is 22.2 Å². The molecule has 6 heteroatoms. The summed E-state index contributed by atoms with van der Waals surface area (Å²) in [5, 5.41) is 5.10. The Hall–Kier alpha value is -2.86. The number of para-hydroxylation sites is 1. The molecular formula is C22H24N4O2. The first-order valence-corrected chi connectivity index (χ1v) is 9.85. The van der Waals surface area contributed by atoms with Crippen LogP contribution in [0.5, 0.6) is 5.88 Å². The number of piperidine rings is 1. The number of H-pyrrole nitrogens is 1. The summed E-state index contributed by atoms with van der Waals surface area (Å²) in [7, 11) is 1.57. The number of carbonyl (C=O) groups is 1. The molecule has 2 aliphatic rings. The number of rotatable bonds is 2. The third-order valence-electron chi connectivity index (χ3n) is 6.23. The zero-order valence-electron chi connectivity index (χ0n) is 16.0. The van der Waals surface area contributed by atoms with Crippen molar-refractivity contribution < 1.29 is 9.53 Å². The molecule has 1 amide bonds. The van der Waals surface area contributed by atoms with Gasteiger partial charge >= 0.3 is 0 Å². The first-order chi connectivity index (χ1) is 13.7. The van der Waals surface area contributed by atoms with Gasteiger partial charge in [0, 0.05) is 48.5 Å². The van der Waals surface area contributed by atoms with Crippen LogP contribution in [0.1, 0.15) is 34.5 Å². The molecule has 0 aliphatic carbocycles. The number of amides is 1. The van der Waals surface area contributed by atoms with E-state index in [9.17, 15) is 4.79 Å². The van der Waals surface area contributed by atoms with Crippen molar-refractivity contribution in [2.24, 2.45) is 0 Å². The van der Waals surface area contributed by atoms with E-state index in [0.717, 1.165) is 38.9 Å². The van der Waals surface area contributed by atoms with Crippen molar-refractivity contribution in [1.29, 1.82) is 0 Å². The highest BCUT2D eigenvalue weighted by atomic mass is 16.5. The van der Waals surface area contributed by atoms with Gasteiger partial charge in [0.05, 0.1) is 18.2 Å². The first-order valence-electron chi connectivity index (χ1n) is 9.85. The molecule has 0 saturated carbocycles. The highest BCUT2D eigenvalue weighted by molar-refractivity contribution is 5.94. The summed E-state index contributed by atoms with van der Waals surface area (Å²) in [6.07, 6.45) is 4.45. The van der Waals surface area contributed by atoms with E-state index in [2.05, 4.69) is 39.6 Å². The number of pyridine rings is 1. The SMILES string of the molecule is COc1ccc(C(=O)N2CCC3(CC2)NCCc2c3[nH]c3ccccc23)cn1. The van der Waals surface area contributed by atoms with Crippen LogP contribution in [0.3, 0.4) is 0 Å². The molecule has 1 fully saturated rings. The van der Waals surface area contributed by atoms with E-state index in [-0.39, 0.29) is 11.4 Å². The Morgan fingerprint density at radius 3 is 2.75 bits per heavy atom. The van der Waals surface area contributed by atoms with Crippen molar-refractivity contribution >= 4 is 16.8 Å². The summed E-state index contributed by atoms with van der Waals surface area (Å²) in [6.45, 7) is 2.44. The van der Waals surface area contributed by atoms with Gasteiger partial charge in [-0.05, 0) is 37.0 Å². The number of hydrogen-bond donors (Lipinski definition) is 2. The van der Waals surface area contributed by atoms with Crippen LogP contribution in [0, 0.1) is 0 Å². The standard InChI is InChI=1S/C22H24N4O2/c1-28-19-7-6-15(14-23-19)21(27)26-12-9-22(10-13-26)20-17(8-11-24-22)16-4-2-3-5-18(16)25-20/h2-7,14,24-25H,8-13H2,1H3. The van der Waals surface area contributed by atoms with Crippen molar-refractivity contribution in [1.82, 2.24) is 20.2 Å². The lowest BCUT2D eigenvalue weighted by atomic mass is 9.79. The van der Waals surface area contributed by atoms with Gasteiger partial charge in [-0.1, -0.05) is 18.2 Å². The second-order valence-electron chi connectivity index (χ2n) is 7.66. The molecule has 1 saturated heterocycles. The largest absolute Gasteiger partial charge is 0.481 e. The minimum absolute atomic E-state index is 0.0395. The number of nitrogens with zero attached hydrogens (tertiary/aromatic N) is 2. The van der Waals surface area contributed by atoms with Crippen LogP contribution in [-0.2, 0) is 12.0 Å². The second-order valence-corrected chi connectivity index (χ2v) is 7.66. The monoisotopic (exact) mass is 376 g/mol. The van der Waals surface area contributed by atoms with Crippen molar-refractivity contribution in [2.75, 3.05) is 26.7 Å². The molecule has 2 aromatic heterocycles. The molecule has 5 rings (SSSR count). The molecule has 144 valence electrons. The van der Waals surface area contributed by atoms with Crippen molar-refractivity contribution in [2.45, 2.75) is 24.8 Å². The van der Waals surface area contributed by atoms with Crippen LogP contribution < -0.4 is 10.1 Å². The number of aromatic amines is 1. The third-order valence-corrected chi connectivity index (χ3v) is 6.23. The van der Waals surface area contributed by atoms with Gasteiger partial charge in [-0.15, -0.1) is 0 Å². The lowest BCUT2D eigenvalue weighted by molar-refractivity contribution is 0.0626. The fraction of sp³-hybridized carbons (Fsp3) is 0.364.